The van der Waals surface area contributed by atoms with Crippen LogP contribution in [0.1, 0.15) is 6.92 Å². The molecule has 1 atom stereocenters. The van der Waals surface area contributed by atoms with Crippen LogP contribution in [0.2, 0.25) is 0 Å². The molecule has 8 heteroatoms. The number of esters is 1. The van der Waals surface area contributed by atoms with Crippen LogP contribution in [0.25, 0.3) is 0 Å². The topological polar surface area (TPSA) is 80.8 Å². The summed E-state index contributed by atoms with van der Waals surface area (Å²) in [5.74, 6) is -0.947. The first-order valence-corrected chi connectivity index (χ1v) is 8.23. The van der Waals surface area contributed by atoms with E-state index in [1.165, 1.54) is 11.8 Å². The summed E-state index contributed by atoms with van der Waals surface area (Å²) < 4.78 is 27.6. The number of nitrogens with zero attached hydrogens (tertiary/aromatic N) is 1. The molecule has 1 fully saturated rings. The van der Waals surface area contributed by atoms with Gasteiger partial charge in [0.05, 0.1) is 6.61 Å². The average Bonchev–Trinajstić information content (AvgIpc) is 2.27. The van der Waals surface area contributed by atoms with E-state index in [1.807, 2.05) is 0 Å². The second-order valence-electron chi connectivity index (χ2n) is 3.58. The lowest BCUT2D eigenvalue weighted by Crippen LogP contribution is -2.52. The third kappa shape index (κ3) is 3.60. The lowest BCUT2D eigenvalue weighted by atomic mass is 10.4. The van der Waals surface area contributed by atoms with E-state index in [2.05, 4.69) is 4.74 Å². The van der Waals surface area contributed by atoms with Crippen molar-refractivity contribution in [3.8, 4) is 0 Å². The van der Waals surface area contributed by atoms with E-state index in [0.29, 0.717) is 11.5 Å². The van der Waals surface area contributed by atoms with Gasteiger partial charge in [0, 0.05) is 24.3 Å². The molecular formula is C9H15NO5S2. The Morgan fingerprint density at radius 2 is 2.12 bits per heavy atom. The van der Waals surface area contributed by atoms with Crippen LogP contribution in [-0.4, -0.2) is 61.5 Å². The highest BCUT2D eigenvalue weighted by molar-refractivity contribution is 8.00. The smallest absolute Gasteiger partial charge is 0.397 e. The molecule has 98 valence electrons. The first-order chi connectivity index (χ1) is 7.88. The van der Waals surface area contributed by atoms with Crippen molar-refractivity contribution in [1.29, 1.82) is 0 Å². The first kappa shape index (κ1) is 14.3. The molecule has 1 unspecified atom stereocenters. The number of thioether (sulfide) groups is 1. The predicted octanol–water partition coefficient (Wildman–Crippen LogP) is -0.504. The fourth-order valence-electron chi connectivity index (χ4n) is 1.48. The van der Waals surface area contributed by atoms with Crippen molar-refractivity contribution in [1.82, 2.24) is 4.90 Å². The van der Waals surface area contributed by atoms with Crippen molar-refractivity contribution in [2.45, 2.75) is 12.3 Å². The number of hydrogen-bond acceptors (Lipinski definition) is 6. The molecule has 0 aliphatic carbocycles. The van der Waals surface area contributed by atoms with Gasteiger partial charge in [0.25, 0.3) is 0 Å². The second kappa shape index (κ2) is 5.72. The largest absolute Gasteiger partial charge is 0.459 e. The normalized spacial score (nSPS) is 21.1. The molecule has 0 radical (unpaired) electrons. The summed E-state index contributed by atoms with van der Waals surface area (Å²) >= 11 is 1.45. The zero-order chi connectivity index (χ0) is 13.1. The van der Waals surface area contributed by atoms with Gasteiger partial charge in [0.2, 0.25) is 0 Å². The number of rotatable bonds is 2. The van der Waals surface area contributed by atoms with E-state index in [9.17, 15) is 18.0 Å². The van der Waals surface area contributed by atoms with Crippen molar-refractivity contribution >= 4 is 33.5 Å². The highest BCUT2D eigenvalue weighted by Gasteiger charge is 2.37. The van der Waals surface area contributed by atoms with E-state index in [4.69, 9.17) is 0 Å². The van der Waals surface area contributed by atoms with Crippen LogP contribution >= 0.6 is 11.8 Å². The standard InChI is InChI=1S/C9H15NO5S2/c1-3-15-9(12)8(11)10-4-5-16-6-7(10)17(2,13)14/h7H,3-6H2,1-2H3. The van der Waals surface area contributed by atoms with Crippen molar-refractivity contribution in [3.63, 3.8) is 0 Å². The molecule has 17 heavy (non-hydrogen) atoms. The first-order valence-electron chi connectivity index (χ1n) is 5.12. The average molecular weight is 281 g/mol. The Morgan fingerprint density at radius 1 is 1.47 bits per heavy atom. The van der Waals surface area contributed by atoms with Gasteiger partial charge in [-0.2, -0.15) is 11.8 Å². The Hall–Kier alpha value is -0.760. The van der Waals surface area contributed by atoms with Gasteiger partial charge in [-0.15, -0.1) is 0 Å². The zero-order valence-electron chi connectivity index (χ0n) is 9.71. The van der Waals surface area contributed by atoms with Crippen molar-refractivity contribution in [3.05, 3.63) is 0 Å². The monoisotopic (exact) mass is 281 g/mol. The molecule has 0 aromatic heterocycles. The maximum Gasteiger partial charge on any atom is 0.397 e. The highest BCUT2D eigenvalue weighted by atomic mass is 32.2. The fraction of sp³-hybridized carbons (Fsp3) is 0.778. The third-order valence-corrected chi connectivity index (χ3v) is 4.93. The third-order valence-electron chi connectivity index (χ3n) is 2.29. The summed E-state index contributed by atoms with van der Waals surface area (Å²) in [7, 11) is -3.39. The summed E-state index contributed by atoms with van der Waals surface area (Å²) in [6.07, 6.45) is 1.06. The minimum Gasteiger partial charge on any atom is -0.459 e. The van der Waals surface area contributed by atoms with Crippen LogP contribution in [0, 0.1) is 0 Å². The molecule has 0 spiro atoms. The molecule has 0 bridgehead atoms. The Labute approximate surface area is 105 Å². The molecule has 1 rings (SSSR count). The lowest BCUT2D eigenvalue weighted by Gasteiger charge is -2.33. The number of amides is 1. The van der Waals surface area contributed by atoms with Gasteiger partial charge in [-0.3, -0.25) is 4.79 Å². The molecule has 1 saturated heterocycles. The molecule has 1 heterocycles. The van der Waals surface area contributed by atoms with Gasteiger partial charge in [-0.05, 0) is 6.92 Å². The van der Waals surface area contributed by atoms with E-state index in [0.717, 1.165) is 11.2 Å². The molecule has 1 amide bonds. The SMILES string of the molecule is CCOC(=O)C(=O)N1CCSCC1S(C)(=O)=O. The van der Waals surface area contributed by atoms with E-state index < -0.39 is 27.1 Å². The summed E-state index contributed by atoms with van der Waals surface area (Å²) in [5.41, 5.74) is 0. The van der Waals surface area contributed by atoms with Gasteiger partial charge >= 0.3 is 11.9 Å². The maximum absolute atomic E-state index is 11.7. The lowest BCUT2D eigenvalue weighted by molar-refractivity contribution is -0.160. The van der Waals surface area contributed by atoms with E-state index in [-0.39, 0.29) is 13.2 Å². The molecular weight excluding hydrogens is 266 g/mol. The number of sulfone groups is 1. The van der Waals surface area contributed by atoms with Gasteiger partial charge < -0.3 is 9.64 Å². The number of hydrogen-bond donors (Lipinski definition) is 0. The Balaban J connectivity index is 2.85. The molecule has 1 aliphatic rings. The summed E-state index contributed by atoms with van der Waals surface area (Å²) in [6, 6.07) is 0. The molecule has 1 aliphatic heterocycles. The van der Waals surface area contributed by atoms with Crippen molar-refractivity contribution < 1.29 is 22.7 Å². The predicted molar refractivity (Wildman–Crippen MR) is 64.3 cm³/mol. The quantitative estimate of drug-likeness (QED) is 0.501. The van der Waals surface area contributed by atoms with Crippen LogP contribution in [0.5, 0.6) is 0 Å². The van der Waals surface area contributed by atoms with Crippen LogP contribution < -0.4 is 0 Å². The molecule has 0 N–H and O–H groups in total. The molecule has 0 aromatic rings. The van der Waals surface area contributed by atoms with Crippen molar-refractivity contribution in [2.24, 2.45) is 0 Å². The summed E-state index contributed by atoms with van der Waals surface area (Å²) in [6.45, 7) is 1.93. The van der Waals surface area contributed by atoms with Gasteiger partial charge in [-0.25, -0.2) is 13.2 Å². The molecule has 0 saturated carbocycles. The van der Waals surface area contributed by atoms with Crippen LogP contribution in [-0.2, 0) is 24.2 Å². The van der Waals surface area contributed by atoms with Gasteiger partial charge in [-0.1, -0.05) is 0 Å². The van der Waals surface area contributed by atoms with E-state index in [1.54, 1.807) is 6.92 Å². The number of carbonyl (C=O) groups is 2. The minimum atomic E-state index is -3.39. The van der Waals surface area contributed by atoms with Crippen molar-refractivity contribution in [2.75, 3.05) is 30.9 Å². The number of ether oxygens (including phenoxy) is 1. The van der Waals surface area contributed by atoms with E-state index >= 15 is 0 Å². The second-order valence-corrected chi connectivity index (χ2v) is 6.93. The number of carbonyl (C=O) groups excluding carboxylic acids is 2. The Bertz CT molecular complexity index is 406. The highest BCUT2D eigenvalue weighted by Crippen LogP contribution is 2.20. The van der Waals surface area contributed by atoms with Gasteiger partial charge in [0.15, 0.2) is 9.84 Å². The maximum atomic E-state index is 11.7. The summed E-state index contributed by atoms with van der Waals surface area (Å²) in [5, 5.41) is -0.932. The van der Waals surface area contributed by atoms with Crippen LogP contribution in [0.15, 0.2) is 0 Å². The molecule has 6 nitrogen and oxygen atoms in total. The van der Waals surface area contributed by atoms with Crippen LogP contribution in [0.3, 0.4) is 0 Å². The Kier molecular flexibility index (Phi) is 4.81. The van der Waals surface area contributed by atoms with Crippen LogP contribution in [0.4, 0.5) is 0 Å². The molecule has 0 aromatic carbocycles. The zero-order valence-corrected chi connectivity index (χ0v) is 11.3. The van der Waals surface area contributed by atoms with Gasteiger partial charge in [0.1, 0.15) is 5.37 Å². The Morgan fingerprint density at radius 3 is 2.65 bits per heavy atom. The summed E-state index contributed by atoms with van der Waals surface area (Å²) in [4.78, 5) is 24.1. The minimum absolute atomic E-state index is 0.0940. The fourth-order valence-corrected chi connectivity index (χ4v) is 4.29.